The van der Waals surface area contributed by atoms with E-state index < -0.39 is 7.14 Å². The van der Waals surface area contributed by atoms with Gasteiger partial charge in [0.1, 0.15) is 0 Å². The van der Waals surface area contributed by atoms with Gasteiger partial charge >= 0.3 is 0 Å². The van der Waals surface area contributed by atoms with E-state index >= 15 is 0 Å². The second-order valence-corrected chi connectivity index (χ2v) is 11.4. The number of rotatable bonds is 14. The molecule has 0 aliphatic carbocycles. The molecule has 0 saturated carbocycles. The van der Waals surface area contributed by atoms with Crippen LogP contribution in [0.15, 0.2) is 24.5 Å². The summed E-state index contributed by atoms with van der Waals surface area (Å²) in [5.41, 5.74) is 1.86. The van der Waals surface area contributed by atoms with Crippen LogP contribution in [0.2, 0.25) is 0 Å². The molecule has 1 N–H and O–H groups in total. The highest BCUT2D eigenvalue weighted by Crippen LogP contribution is 2.54. The standard InChI is InChI=1S/C24H39N2O2P/c1-5-9-12-19(7-3)16-29(28,17-20(8-4)13-10-6-2)24(27)21-14-11-15-22-23(21)26-18-25-22/h11,14-15,18-20H,5-10,12-13,16-17H2,1-4H3,(H,25,26). The highest BCUT2D eigenvalue weighted by atomic mass is 31.2. The number of hydrogen-bond acceptors (Lipinski definition) is 3. The first-order valence-corrected chi connectivity index (χ1v) is 13.6. The van der Waals surface area contributed by atoms with Crippen LogP contribution >= 0.6 is 7.14 Å². The van der Waals surface area contributed by atoms with Gasteiger partial charge in [0.15, 0.2) is 7.14 Å². The third kappa shape index (κ3) is 6.28. The number of para-hydroxylation sites is 1. The highest BCUT2D eigenvalue weighted by molar-refractivity contribution is 7.81. The predicted octanol–water partition coefficient (Wildman–Crippen LogP) is 7.50. The van der Waals surface area contributed by atoms with Crippen LogP contribution in [0.3, 0.4) is 0 Å². The maximum absolute atomic E-state index is 14.4. The predicted molar refractivity (Wildman–Crippen MR) is 124 cm³/mol. The van der Waals surface area contributed by atoms with Gasteiger partial charge < -0.3 is 9.55 Å². The van der Waals surface area contributed by atoms with E-state index in [4.69, 9.17) is 0 Å². The van der Waals surface area contributed by atoms with Crippen LogP contribution in [0.1, 0.15) is 89.4 Å². The van der Waals surface area contributed by atoms with E-state index in [1.807, 2.05) is 12.1 Å². The molecule has 4 nitrogen and oxygen atoms in total. The smallest absolute Gasteiger partial charge is 0.223 e. The number of aromatic nitrogens is 2. The van der Waals surface area contributed by atoms with Crippen molar-refractivity contribution in [3.8, 4) is 0 Å². The lowest BCUT2D eigenvalue weighted by Crippen LogP contribution is -2.19. The molecule has 0 aliphatic rings. The van der Waals surface area contributed by atoms with Gasteiger partial charge in [0.2, 0.25) is 5.52 Å². The quantitative estimate of drug-likeness (QED) is 0.323. The largest absolute Gasteiger partial charge is 0.345 e. The first-order chi connectivity index (χ1) is 14.0. The Hall–Kier alpha value is -1.41. The molecule has 1 aromatic heterocycles. The summed E-state index contributed by atoms with van der Waals surface area (Å²) in [4.78, 5) is 21.1. The van der Waals surface area contributed by atoms with Gasteiger partial charge in [-0.3, -0.25) is 4.79 Å². The van der Waals surface area contributed by atoms with Crippen LogP contribution < -0.4 is 0 Å². The van der Waals surface area contributed by atoms with Crippen molar-refractivity contribution >= 4 is 23.7 Å². The molecule has 1 heterocycles. The summed E-state index contributed by atoms with van der Waals surface area (Å²) in [7, 11) is -3.03. The van der Waals surface area contributed by atoms with Gasteiger partial charge in [-0.25, -0.2) is 4.98 Å². The number of benzene rings is 1. The molecule has 0 amide bonds. The topological polar surface area (TPSA) is 62.8 Å². The molecule has 0 fully saturated rings. The molecule has 2 atom stereocenters. The molecule has 2 rings (SSSR count). The Morgan fingerprint density at radius 2 is 1.59 bits per heavy atom. The summed E-state index contributed by atoms with van der Waals surface area (Å²) in [5, 5.41) is 0. The SMILES string of the molecule is CCCCC(CC)CP(=O)(CC(CC)CCCC)C(=O)c1cccc2[nH]cnc12. The van der Waals surface area contributed by atoms with Crippen LogP contribution in [-0.2, 0) is 4.57 Å². The molecular formula is C24H39N2O2P. The van der Waals surface area contributed by atoms with E-state index in [9.17, 15) is 9.36 Å². The second-order valence-electron chi connectivity index (χ2n) is 8.50. The molecular weight excluding hydrogens is 379 g/mol. The van der Waals surface area contributed by atoms with Crippen LogP contribution in [0.25, 0.3) is 11.0 Å². The fourth-order valence-corrected chi connectivity index (χ4v) is 7.92. The maximum Gasteiger partial charge on any atom is 0.223 e. The zero-order chi connectivity index (χ0) is 21.3. The van der Waals surface area contributed by atoms with Crippen molar-refractivity contribution in [3.05, 3.63) is 30.1 Å². The van der Waals surface area contributed by atoms with Gasteiger partial charge in [-0.2, -0.15) is 0 Å². The highest BCUT2D eigenvalue weighted by Gasteiger charge is 2.37. The van der Waals surface area contributed by atoms with E-state index in [1.54, 1.807) is 12.4 Å². The molecule has 29 heavy (non-hydrogen) atoms. The third-order valence-electron chi connectivity index (χ3n) is 6.24. The number of H-pyrrole nitrogens is 1. The van der Waals surface area contributed by atoms with E-state index in [0.717, 1.165) is 56.9 Å². The lowest BCUT2D eigenvalue weighted by Gasteiger charge is -2.26. The van der Waals surface area contributed by atoms with Crippen molar-refractivity contribution in [1.29, 1.82) is 0 Å². The van der Waals surface area contributed by atoms with Crippen LogP contribution in [0.4, 0.5) is 0 Å². The van der Waals surface area contributed by atoms with Crippen molar-refractivity contribution in [2.75, 3.05) is 12.3 Å². The summed E-state index contributed by atoms with van der Waals surface area (Å²) < 4.78 is 14.4. The third-order valence-corrected chi connectivity index (χ3v) is 9.44. The van der Waals surface area contributed by atoms with Gasteiger partial charge in [0.25, 0.3) is 0 Å². The van der Waals surface area contributed by atoms with Crippen molar-refractivity contribution < 1.29 is 9.36 Å². The van der Waals surface area contributed by atoms with Crippen molar-refractivity contribution in [1.82, 2.24) is 9.97 Å². The maximum atomic E-state index is 14.4. The molecule has 162 valence electrons. The molecule has 0 spiro atoms. The fourth-order valence-electron chi connectivity index (χ4n) is 4.27. The van der Waals surface area contributed by atoms with Crippen molar-refractivity contribution in [3.63, 3.8) is 0 Å². The molecule has 0 saturated heterocycles. The molecule has 1 aromatic carbocycles. The van der Waals surface area contributed by atoms with Crippen LogP contribution in [-0.4, -0.2) is 27.8 Å². The summed E-state index contributed by atoms with van der Waals surface area (Å²) in [6.07, 6.45) is 11.3. The molecule has 2 aromatic rings. The number of nitrogens with zero attached hydrogens (tertiary/aromatic N) is 1. The van der Waals surface area contributed by atoms with E-state index in [0.29, 0.717) is 35.2 Å². The molecule has 0 bridgehead atoms. The second kappa shape index (κ2) is 11.7. The number of nitrogens with one attached hydrogen (secondary N) is 1. The number of aromatic amines is 1. The number of unbranched alkanes of at least 4 members (excludes halogenated alkanes) is 2. The van der Waals surface area contributed by atoms with Crippen LogP contribution in [0.5, 0.6) is 0 Å². The summed E-state index contributed by atoms with van der Waals surface area (Å²) in [6.45, 7) is 8.71. The zero-order valence-corrected chi connectivity index (χ0v) is 19.6. The average Bonchev–Trinajstić information content (AvgIpc) is 3.22. The molecule has 0 aliphatic heterocycles. The lowest BCUT2D eigenvalue weighted by molar-refractivity contribution is 0.107. The number of fused-ring (bicyclic) bond motifs is 1. The van der Waals surface area contributed by atoms with Crippen molar-refractivity contribution in [2.45, 2.75) is 79.1 Å². The number of imidazole rings is 1. The number of carbonyl (C=O) groups is 1. The van der Waals surface area contributed by atoms with Crippen LogP contribution in [0, 0.1) is 11.8 Å². The minimum atomic E-state index is -3.03. The van der Waals surface area contributed by atoms with Gasteiger partial charge in [-0.15, -0.1) is 0 Å². The summed E-state index contributed by atoms with van der Waals surface area (Å²) in [6, 6.07) is 5.58. The molecule has 2 unspecified atom stereocenters. The van der Waals surface area contributed by atoms with Crippen molar-refractivity contribution in [2.24, 2.45) is 11.8 Å². The minimum absolute atomic E-state index is 0.153. The monoisotopic (exact) mass is 418 g/mol. The van der Waals surface area contributed by atoms with E-state index in [2.05, 4.69) is 37.7 Å². The fraction of sp³-hybridized carbons (Fsp3) is 0.667. The Morgan fingerprint density at radius 3 is 2.10 bits per heavy atom. The Labute approximate surface area is 176 Å². The summed E-state index contributed by atoms with van der Waals surface area (Å²) >= 11 is 0. The number of carbonyl (C=O) groups excluding carboxylic acids is 1. The van der Waals surface area contributed by atoms with E-state index in [-0.39, 0.29) is 5.52 Å². The Balaban J connectivity index is 2.37. The van der Waals surface area contributed by atoms with Gasteiger partial charge in [-0.1, -0.05) is 85.1 Å². The lowest BCUT2D eigenvalue weighted by atomic mass is 10.0. The van der Waals surface area contributed by atoms with Gasteiger partial charge in [0, 0.05) is 12.3 Å². The Bertz CT molecular complexity index is 792. The van der Waals surface area contributed by atoms with Gasteiger partial charge in [-0.05, 0) is 24.0 Å². The first kappa shape index (κ1) is 23.9. The summed E-state index contributed by atoms with van der Waals surface area (Å²) in [5.74, 6) is 0.707. The minimum Gasteiger partial charge on any atom is -0.345 e. The van der Waals surface area contributed by atoms with Gasteiger partial charge in [0.05, 0.1) is 22.9 Å². The molecule has 0 radical (unpaired) electrons. The average molecular weight is 419 g/mol. The Morgan fingerprint density at radius 1 is 1.00 bits per heavy atom. The Kier molecular flexibility index (Phi) is 9.62. The number of hydrogen-bond donors (Lipinski definition) is 1. The normalized spacial score (nSPS) is 15.9. The zero-order valence-electron chi connectivity index (χ0n) is 18.7. The molecule has 5 heteroatoms. The van der Waals surface area contributed by atoms with E-state index in [1.165, 1.54) is 0 Å². The first-order valence-electron chi connectivity index (χ1n) is 11.5.